The number of pyridine rings is 1. The zero-order valence-corrected chi connectivity index (χ0v) is 14.7. The monoisotopic (exact) mass is 341 g/mol. The average Bonchev–Trinajstić information content (AvgIpc) is 3.08. The Labute approximate surface area is 147 Å². The molecule has 0 bridgehead atoms. The molecular weight excluding hydrogens is 318 g/mol. The Morgan fingerprint density at radius 2 is 2.08 bits per heavy atom. The standard InChI is InChI=1S/C20H23NO4/c1-4-16-7-5-8-18(24-13-25-19-9-6-10-23-19)20(16)21-14(2)11-17(22)12-15(21)3/h4-5,7-8,11-12,19H,1,6,9-10,13H2,2-3H3. The van der Waals surface area contributed by atoms with Gasteiger partial charge in [0.2, 0.25) is 0 Å². The van der Waals surface area contributed by atoms with E-state index in [1.165, 1.54) is 0 Å². The van der Waals surface area contributed by atoms with Gasteiger partial charge in [0.25, 0.3) is 0 Å². The Morgan fingerprint density at radius 3 is 2.72 bits per heavy atom. The molecule has 2 heterocycles. The molecule has 132 valence electrons. The summed E-state index contributed by atoms with van der Waals surface area (Å²) in [7, 11) is 0. The van der Waals surface area contributed by atoms with Gasteiger partial charge in [0.15, 0.2) is 18.5 Å². The highest BCUT2D eigenvalue weighted by molar-refractivity contribution is 5.66. The van der Waals surface area contributed by atoms with E-state index in [1.54, 1.807) is 18.2 Å². The van der Waals surface area contributed by atoms with Crippen molar-refractivity contribution < 1.29 is 14.2 Å². The largest absolute Gasteiger partial charge is 0.465 e. The Morgan fingerprint density at radius 1 is 1.32 bits per heavy atom. The number of para-hydroxylation sites is 1. The summed E-state index contributed by atoms with van der Waals surface area (Å²) < 4.78 is 19.0. The topological polar surface area (TPSA) is 49.7 Å². The van der Waals surface area contributed by atoms with Gasteiger partial charge in [0, 0.05) is 42.1 Å². The van der Waals surface area contributed by atoms with Gasteiger partial charge in [-0.05, 0) is 26.3 Å². The molecule has 0 spiro atoms. The van der Waals surface area contributed by atoms with Gasteiger partial charge in [0.05, 0.1) is 5.69 Å². The fraction of sp³-hybridized carbons (Fsp3) is 0.350. The summed E-state index contributed by atoms with van der Waals surface area (Å²) in [6.45, 7) is 8.55. The Kier molecular flexibility index (Phi) is 5.36. The highest BCUT2D eigenvalue weighted by Crippen LogP contribution is 2.30. The van der Waals surface area contributed by atoms with Gasteiger partial charge in [-0.15, -0.1) is 0 Å². The lowest BCUT2D eigenvalue weighted by Gasteiger charge is -2.21. The molecule has 0 N–H and O–H groups in total. The van der Waals surface area contributed by atoms with Crippen molar-refractivity contribution in [2.75, 3.05) is 13.4 Å². The molecular formula is C20H23NO4. The van der Waals surface area contributed by atoms with Crippen LogP contribution in [0.2, 0.25) is 0 Å². The molecule has 0 amide bonds. The molecule has 5 heteroatoms. The number of rotatable bonds is 6. The van der Waals surface area contributed by atoms with Gasteiger partial charge < -0.3 is 18.8 Å². The molecule has 1 aromatic heterocycles. The van der Waals surface area contributed by atoms with Crippen LogP contribution in [-0.2, 0) is 9.47 Å². The van der Waals surface area contributed by atoms with Crippen molar-refractivity contribution in [2.45, 2.75) is 33.0 Å². The molecule has 5 nitrogen and oxygen atoms in total. The normalized spacial score (nSPS) is 16.8. The van der Waals surface area contributed by atoms with E-state index in [0.717, 1.165) is 42.1 Å². The molecule has 0 radical (unpaired) electrons. The molecule has 3 rings (SSSR count). The maximum Gasteiger partial charge on any atom is 0.192 e. The number of nitrogens with zero attached hydrogens (tertiary/aromatic N) is 1. The van der Waals surface area contributed by atoms with Crippen LogP contribution in [0.4, 0.5) is 0 Å². The lowest BCUT2D eigenvalue weighted by molar-refractivity contribution is -0.149. The first-order chi connectivity index (χ1) is 12.1. The van der Waals surface area contributed by atoms with Gasteiger partial charge >= 0.3 is 0 Å². The Hall–Kier alpha value is -2.37. The van der Waals surface area contributed by atoms with E-state index >= 15 is 0 Å². The number of aromatic nitrogens is 1. The maximum atomic E-state index is 11.8. The van der Waals surface area contributed by atoms with E-state index in [9.17, 15) is 4.79 Å². The first-order valence-electron chi connectivity index (χ1n) is 8.42. The second-order valence-electron chi connectivity index (χ2n) is 6.08. The lowest BCUT2D eigenvalue weighted by Crippen LogP contribution is -2.17. The van der Waals surface area contributed by atoms with Crippen LogP contribution < -0.4 is 10.2 Å². The van der Waals surface area contributed by atoms with Crippen LogP contribution in [0, 0.1) is 13.8 Å². The fourth-order valence-corrected chi connectivity index (χ4v) is 3.13. The van der Waals surface area contributed by atoms with Gasteiger partial charge in [-0.25, -0.2) is 0 Å². The van der Waals surface area contributed by atoms with Crippen LogP contribution in [-0.4, -0.2) is 24.3 Å². The molecule has 1 aliphatic rings. The molecule has 1 aromatic carbocycles. The van der Waals surface area contributed by atoms with Crippen LogP contribution in [0.15, 0.2) is 41.7 Å². The third-order valence-electron chi connectivity index (χ3n) is 4.24. The van der Waals surface area contributed by atoms with E-state index in [1.807, 2.05) is 36.6 Å². The smallest absolute Gasteiger partial charge is 0.192 e. The average molecular weight is 341 g/mol. The zero-order valence-electron chi connectivity index (χ0n) is 14.7. The fourth-order valence-electron chi connectivity index (χ4n) is 3.13. The third-order valence-corrected chi connectivity index (χ3v) is 4.24. The highest BCUT2D eigenvalue weighted by atomic mass is 16.7. The van der Waals surface area contributed by atoms with Crippen LogP contribution in [0.3, 0.4) is 0 Å². The second-order valence-corrected chi connectivity index (χ2v) is 6.08. The van der Waals surface area contributed by atoms with E-state index in [4.69, 9.17) is 14.2 Å². The van der Waals surface area contributed by atoms with Crippen LogP contribution in [0.5, 0.6) is 5.75 Å². The molecule has 2 aromatic rings. The predicted octanol–water partition coefficient (Wildman–Crippen LogP) is 3.59. The molecule has 1 atom stereocenters. The van der Waals surface area contributed by atoms with Crippen molar-refractivity contribution in [3.8, 4) is 11.4 Å². The molecule has 0 saturated carbocycles. The minimum atomic E-state index is -0.193. The maximum absolute atomic E-state index is 11.8. The van der Waals surface area contributed by atoms with Crippen LogP contribution >= 0.6 is 0 Å². The van der Waals surface area contributed by atoms with Gasteiger partial charge in [-0.3, -0.25) is 4.79 Å². The van der Waals surface area contributed by atoms with Crippen molar-refractivity contribution in [1.29, 1.82) is 0 Å². The van der Waals surface area contributed by atoms with Crippen LogP contribution in [0.1, 0.15) is 29.8 Å². The summed E-state index contributed by atoms with van der Waals surface area (Å²) in [4.78, 5) is 11.8. The van der Waals surface area contributed by atoms with Crippen molar-refractivity contribution in [3.05, 3.63) is 64.1 Å². The van der Waals surface area contributed by atoms with Crippen molar-refractivity contribution in [3.63, 3.8) is 0 Å². The van der Waals surface area contributed by atoms with Gasteiger partial charge in [-0.1, -0.05) is 24.8 Å². The van der Waals surface area contributed by atoms with Crippen molar-refractivity contribution >= 4 is 6.08 Å². The van der Waals surface area contributed by atoms with E-state index in [-0.39, 0.29) is 18.5 Å². The van der Waals surface area contributed by atoms with E-state index < -0.39 is 0 Å². The number of ether oxygens (including phenoxy) is 3. The summed E-state index contributed by atoms with van der Waals surface area (Å²) in [5.41, 5.74) is 3.44. The number of hydrogen-bond acceptors (Lipinski definition) is 4. The molecule has 1 fully saturated rings. The quantitative estimate of drug-likeness (QED) is 0.754. The Balaban J connectivity index is 1.94. The zero-order chi connectivity index (χ0) is 17.8. The SMILES string of the molecule is C=Cc1cccc(OCOC2CCCO2)c1-n1c(C)cc(=O)cc1C. The van der Waals surface area contributed by atoms with E-state index in [2.05, 4.69) is 6.58 Å². The third kappa shape index (κ3) is 3.83. The first kappa shape index (κ1) is 17.5. The minimum Gasteiger partial charge on any atom is -0.465 e. The number of benzene rings is 1. The molecule has 1 saturated heterocycles. The summed E-state index contributed by atoms with van der Waals surface area (Å²) in [6, 6.07) is 8.99. The first-order valence-corrected chi connectivity index (χ1v) is 8.42. The summed E-state index contributed by atoms with van der Waals surface area (Å²) >= 11 is 0. The molecule has 1 aliphatic heterocycles. The number of aryl methyl sites for hydroxylation is 2. The summed E-state index contributed by atoms with van der Waals surface area (Å²) in [6.07, 6.45) is 3.49. The summed E-state index contributed by atoms with van der Waals surface area (Å²) in [5.74, 6) is 0.672. The second kappa shape index (κ2) is 7.68. The van der Waals surface area contributed by atoms with Gasteiger partial charge in [-0.2, -0.15) is 0 Å². The van der Waals surface area contributed by atoms with Crippen molar-refractivity contribution in [2.24, 2.45) is 0 Å². The van der Waals surface area contributed by atoms with Crippen LogP contribution in [0.25, 0.3) is 11.8 Å². The lowest BCUT2D eigenvalue weighted by atomic mass is 10.1. The molecule has 25 heavy (non-hydrogen) atoms. The number of hydrogen-bond donors (Lipinski definition) is 0. The van der Waals surface area contributed by atoms with Gasteiger partial charge in [0.1, 0.15) is 5.75 Å². The summed E-state index contributed by atoms with van der Waals surface area (Å²) in [5, 5.41) is 0. The molecule has 0 aliphatic carbocycles. The van der Waals surface area contributed by atoms with Crippen molar-refractivity contribution in [1.82, 2.24) is 4.57 Å². The highest BCUT2D eigenvalue weighted by Gasteiger charge is 2.17. The Bertz CT molecular complexity index is 793. The predicted molar refractivity (Wildman–Crippen MR) is 97.2 cm³/mol. The van der Waals surface area contributed by atoms with E-state index in [0.29, 0.717) is 5.75 Å². The molecule has 1 unspecified atom stereocenters. The minimum absolute atomic E-state index is 0.00785.